The van der Waals surface area contributed by atoms with Crippen LogP contribution in [-0.4, -0.2) is 44.6 Å². The maximum atomic E-state index is 11.3. The number of hydrogen-bond acceptors (Lipinski definition) is 6. The topological polar surface area (TPSA) is 60.4 Å². The quantitative estimate of drug-likeness (QED) is 0.894. The van der Waals surface area contributed by atoms with Crippen molar-refractivity contribution in [2.24, 2.45) is 0 Å². The van der Waals surface area contributed by atoms with Gasteiger partial charge in [0.15, 0.2) is 23.0 Å². The zero-order valence-electron chi connectivity index (χ0n) is 15.0. The van der Waals surface area contributed by atoms with Gasteiger partial charge in [-0.3, -0.25) is 4.90 Å². The Morgan fingerprint density at radius 3 is 2.77 bits per heavy atom. The van der Waals surface area contributed by atoms with Crippen LogP contribution >= 0.6 is 0 Å². The van der Waals surface area contributed by atoms with Gasteiger partial charge in [0.05, 0.1) is 20.3 Å². The molecule has 1 N–H and O–H groups in total. The van der Waals surface area contributed by atoms with E-state index in [1.54, 1.807) is 14.2 Å². The lowest BCUT2D eigenvalue weighted by Gasteiger charge is -2.43. The van der Waals surface area contributed by atoms with Crippen LogP contribution in [-0.2, 0) is 6.42 Å². The third-order valence-electron chi connectivity index (χ3n) is 5.74. The largest absolute Gasteiger partial charge is 0.493 e. The number of aliphatic hydroxyl groups excluding tert-OH is 1. The molecule has 3 aliphatic rings. The predicted octanol–water partition coefficient (Wildman–Crippen LogP) is 2.68. The fraction of sp³-hybridized carbons (Fsp3) is 0.400. The SMILES string of the molecule is COc1ccc2c(c1OC)[C@H](O)[C@@H]1c3c(cc4c(c3-2)OCO4)CCN1C. The molecule has 0 saturated heterocycles. The van der Waals surface area contributed by atoms with Crippen molar-refractivity contribution < 1.29 is 24.1 Å². The Morgan fingerprint density at radius 1 is 1.15 bits per heavy atom. The lowest BCUT2D eigenvalue weighted by Crippen LogP contribution is -2.38. The van der Waals surface area contributed by atoms with Crippen LogP contribution in [0.3, 0.4) is 0 Å². The molecule has 1 aliphatic carbocycles. The lowest BCUT2D eigenvalue weighted by atomic mass is 9.74. The highest BCUT2D eigenvalue weighted by Crippen LogP contribution is 2.59. The Bertz CT molecular complexity index is 910. The Hall–Kier alpha value is -2.44. The molecule has 0 radical (unpaired) electrons. The van der Waals surface area contributed by atoms with E-state index < -0.39 is 6.10 Å². The van der Waals surface area contributed by atoms with Crippen LogP contribution < -0.4 is 18.9 Å². The second kappa shape index (κ2) is 5.53. The molecule has 0 spiro atoms. The third kappa shape index (κ3) is 1.88. The van der Waals surface area contributed by atoms with Crippen LogP contribution in [0.4, 0.5) is 0 Å². The Kier molecular flexibility index (Phi) is 3.36. The molecule has 2 aromatic rings. The summed E-state index contributed by atoms with van der Waals surface area (Å²) in [5, 5.41) is 11.3. The highest BCUT2D eigenvalue weighted by atomic mass is 16.7. The summed E-state index contributed by atoms with van der Waals surface area (Å²) in [4.78, 5) is 2.19. The molecule has 2 heterocycles. The van der Waals surface area contributed by atoms with Gasteiger partial charge in [-0.05, 0) is 48.4 Å². The van der Waals surface area contributed by atoms with Crippen molar-refractivity contribution in [1.29, 1.82) is 0 Å². The van der Waals surface area contributed by atoms with E-state index in [1.165, 1.54) is 5.56 Å². The van der Waals surface area contributed by atoms with Crippen molar-refractivity contribution in [2.75, 3.05) is 34.6 Å². The summed E-state index contributed by atoms with van der Waals surface area (Å²) < 4.78 is 22.6. The predicted molar refractivity (Wildman–Crippen MR) is 95.1 cm³/mol. The van der Waals surface area contributed by atoms with E-state index in [1.807, 2.05) is 19.2 Å². The van der Waals surface area contributed by atoms with Crippen molar-refractivity contribution >= 4 is 0 Å². The van der Waals surface area contributed by atoms with E-state index in [-0.39, 0.29) is 12.8 Å². The molecule has 0 bridgehead atoms. The fourth-order valence-electron chi connectivity index (χ4n) is 4.60. The highest BCUT2D eigenvalue weighted by Gasteiger charge is 2.44. The maximum Gasteiger partial charge on any atom is 0.231 e. The molecular weight excluding hydrogens is 334 g/mol. The number of methoxy groups -OCH3 is 2. The van der Waals surface area contributed by atoms with Crippen LogP contribution in [0.15, 0.2) is 18.2 Å². The first kappa shape index (κ1) is 15.8. The van der Waals surface area contributed by atoms with E-state index in [0.717, 1.165) is 46.7 Å². The van der Waals surface area contributed by atoms with Crippen LogP contribution in [0.2, 0.25) is 0 Å². The van der Waals surface area contributed by atoms with Crippen molar-refractivity contribution in [3.63, 3.8) is 0 Å². The molecule has 26 heavy (non-hydrogen) atoms. The van der Waals surface area contributed by atoms with Crippen LogP contribution in [0, 0.1) is 0 Å². The molecule has 136 valence electrons. The van der Waals surface area contributed by atoms with Crippen LogP contribution in [0.25, 0.3) is 11.1 Å². The molecule has 6 nitrogen and oxygen atoms in total. The zero-order valence-corrected chi connectivity index (χ0v) is 15.0. The molecule has 2 aromatic carbocycles. The van der Waals surface area contributed by atoms with E-state index >= 15 is 0 Å². The Morgan fingerprint density at radius 2 is 2.00 bits per heavy atom. The van der Waals surface area contributed by atoms with Crippen molar-refractivity contribution in [3.8, 4) is 34.1 Å². The summed E-state index contributed by atoms with van der Waals surface area (Å²) in [5.41, 5.74) is 5.02. The average molecular weight is 355 g/mol. The van der Waals surface area contributed by atoms with Gasteiger partial charge in [0, 0.05) is 17.7 Å². The van der Waals surface area contributed by atoms with Crippen molar-refractivity contribution in [1.82, 2.24) is 4.90 Å². The average Bonchev–Trinajstić information content (AvgIpc) is 3.12. The van der Waals surface area contributed by atoms with Gasteiger partial charge in [-0.25, -0.2) is 0 Å². The van der Waals surface area contributed by atoms with Crippen molar-refractivity contribution in [3.05, 3.63) is 34.9 Å². The molecule has 2 atom stereocenters. The van der Waals surface area contributed by atoms with Gasteiger partial charge in [-0.15, -0.1) is 0 Å². The second-order valence-electron chi connectivity index (χ2n) is 6.94. The van der Waals surface area contributed by atoms with Crippen LogP contribution in [0.1, 0.15) is 28.8 Å². The fourth-order valence-corrected chi connectivity index (χ4v) is 4.60. The molecule has 0 fully saturated rings. The van der Waals surface area contributed by atoms with Gasteiger partial charge in [0.25, 0.3) is 0 Å². The molecular formula is C20H21NO5. The zero-order chi connectivity index (χ0) is 18.0. The Labute approximate surface area is 151 Å². The number of rotatable bonds is 2. The molecule has 5 rings (SSSR count). The Balaban J connectivity index is 1.89. The van der Waals surface area contributed by atoms with Crippen LogP contribution in [0.5, 0.6) is 23.0 Å². The first-order chi connectivity index (χ1) is 12.7. The third-order valence-corrected chi connectivity index (χ3v) is 5.74. The minimum atomic E-state index is -0.716. The lowest BCUT2D eigenvalue weighted by molar-refractivity contribution is 0.0523. The number of hydrogen-bond donors (Lipinski definition) is 1. The summed E-state index contributed by atoms with van der Waals surface area (Å²) >= 11 is 0. The number of benzene rings is 2. The number of fused-ring (bicyclic) bond motifs is 4. The first-order valence-corrected chi connectivity index (χ1v) is 8.74. The summed E-state index contributed by atoms with van der Waals surface area (Å²) in [5.74, 6) is 2.71. The summed E-state index contributed by atoms with van der Waals surface area (Å²) in [7, 11) is 5.25. The van der Waals surface area contributed by atoms with E-state index in [9.17, 15) is 5.11 Å². The number of likely N-dealkylation sites (N-methyl/N-ethyl adjacent to an activating group) is 1. The number of ether oxygens (including phenoxy) is 4. The van der Waals surface area contributed by atoms with Gasteiger partial charge in [-0.2, -0.15) is 0 Å². The van der Waals surface area contributed by atoms with Gasteiger partial charge >= 0.3 is 0 Å². The summed E-state index contributed by atoms with van der Waals surface area (Å²) in [6.07, 6.45) is 0.202. The molecule has 6 heteroatoms. The summed E-state index contributed by atoms with van der Waals surface area (Å²) in [6, 6.07) is 5.76. The second-order valence-corrected chi connectivity index (χ2v) is 6.94. The van der Waals surface area contributed by atoms with E-state index in [0.29, 0.717) is 11.5 Å². The molecule has 0 amide bonds. The van der Waals surface area contributed by atoms with E-state index in [4.69, 9.17) is 18.9 Å². The number of aliphatic hydroxyl groups is 1. The maximum absolute atomic E-state index is 11.3. The van der Waals surface area contributed by atoms with Crippen molar-refractivity contribution in [2.45, 2.75) is 18.6 Å². The highest BCUT2D eigenvalue weighted by molar-refractivity contribution is 5.86. The standard InChI is InChI=1S/C20H21NO5/c1-21-7-6-10-8-13-20(26-9-25-13)15-11-4-5-12(23-2)19(24-3)16(11)18(22)17(21)14(10)15/h4-5,8,17-18,22H,6-7,9H2,1-3H3/t17-,18-/m0/s1. The minimum Gasteiger partial charge on any atom is -0.493 e. The first-order valence-electron chi connectivity index (χ1n) is 8.74. The molecule has 0 saturated carbocycles. The minimum absolute atomic E-state index is 0.156. The van der Waals surface area contributed by atoms with Gasteiger partial charge in [0.1, 0.15) is 6.10 Å². The molecule has 2 aliphatic heterocycles. The number of nitrogens with zero attached hydrogens (tertiary/aromatic N) is 1. The van der Waals surface area contributed by atoms with E-state index in [2.05, 4.69) is 11.0 Å². The molecule has 0 aromatic heterocycles. The summed E-state index contributed by atoms with van der Waals surface area (Å²) in [6.45, 7) is 1.09. The normalized spacial score (nSPS) is 22.6. The monoisotopic (exact) mass is 355 g/mol. The van der Waals surface area contributed by atoms with Gasteiger partial charge in [0.2, 0.25) is 6.79 Å². The van der Waals surface area contributed by atoms with Gasteiger partial charge in [-0.1, -0.05) is 0 Å². The van der Waals surface area contributed by atoms with Gasteiger partial charge < -0.3 is 24.1 Å². The smallest absolute Gasteiger partial charge is 0.231 e. The molecule has 0 unspecified atom stereocenters.